The first-order valence-corrected chi connectivity index (χ1v) is 21.7. The highest BCUT2D eigenvalue weighted by atomic mass is 79.9. The van der Waals surface area contributed by atoms with E-state index in [9.17, 15) is 0 Å². The molecule has 0 aliphatic rings. The first-order chi connectivity index (χ1) is 25.6. The quantitative estimate of drug-likeness (QED) is 0.0557. The van der Waals surface area contributed by atoms with E-state index < -0.39 is 0 Å². The molecule has 4 aromatic rings. The Labute approximate surface area is 330 Å². The molecule has 8 heteroatoms. The Bertz CT molecular complexity index is 1430. The summed E-state index contributed by atoms with van der Waals surface area (Å²) in [4.78, 5) is 18.4. The predicted molar refractivity (Wildman–Crippen MR) is 224 cm³/mol. The second kappa shape index (κ2) is 25.2. The van der Waals surface area contributed by atoms with Crippen molar-refractivity contribution in [3.63, 3.8) is 0 Å². The van der Waals surface area contributed by atoms with E-state index in [4.69, 9.17) is 9.47 Å². The zero-order valence-corrected chi connectivity index (χ0v) is 34.9. The van der Waals surface area contributed by atoms with Crippen LogP contribution in [0.15, 0.2) is 70.1 Å². The highest BCUT2D eigenvalue weighted by molar-refractivity contribution is 9.10. The van der Waals surface area contributed by atoms with Gasteiger partial charge in [0.1, 0.15) is 11.5 Å². The standard InChI is InChI=1S/C44H60Br2N4O2/c1-3-5-7-9-11-13-15-17-19-21-23-51-41-27-35(25-37(29-41)43-47-31-39(45)32-48-43)36-26-38(44-49-33-40(46)34-50-44)30-42(28-36)52-24-22-20-18-16-14-12-10-8-6-4-2/h25-34H,3-24H2,1-2H3. The summed E-state index contributed by atoms with van der Waals surface area (Å²) in [6.45, 7) is 5.91. The Kier molecular flexibility index (Phi) is 20.3. The molecule has 0 radical (unpaired) electrons. The van der Waals surface area contributed by atoms with Gasteiger partial charge in [0.05, 0.1) is 22.2 Å². The lowest BCUT2D eigenvalue weighted by Gasteiger charge is -2.14. The maximum absolute atomic E-state index is 6.40. The average molecular weight is 837 g/mol. The smallest absolute Gasteiger partial charge is 0.159 e. The Balaban J connectivity index is 1.44. The van der Waals surface area contributed by atoms with Crippen molar-refractivity contribution >= 4 is 31.9 Å². The van der Waals surface area contributed by atoms with Crippen LogP contribution in [-0.2, 0) is 0 Å². The summed E-state index contributed by atoms with van der Waals surface area (Å²) in [5.41, 5.74) is 3.82. The molecule has 0 unspecified atom stereocenters. The number of nitrogens with zero attached hydrogens (tertiary/aromatic N) is 4. The van der Waals surface area contributed by atoms with Crippen LogP contribution < -0.4 is 9.47 Å². The van der Waals surface area contributed by atoms with E-state index in [0.717, 1.165) is 55.5 Å². The van der Waals surface area contributed by atoms with Gasteiger partial charge < -0.3 is 9.47 Å². The van der Waals surface area contributed by atoms with Crippen molar-refractivity contribution in [2.24, 2.45) is 0 Å². The van der Waals surface area contributed by atoms with Gasteiger partial charge in [-0.3, -0.25) is 0 Å². The Hall–Kier alpha value is -2.84. The second-order valence-electron chi connectivity index (χ2n) is 14.0. The summed E-state index contributed by atoms with van der Waals surface area (Å²) < 4.78 is 14.5. The molecule has 2 aromatic heterocycles. The third kappa shape index (κ3) is 16.0. The molecule has 4 rings (SSSR count). The molecule has 2 heterocycles. The van der Waals surface area contributed by atoms with Gasteiger partial charge in [0.15, 0.2) is 11.6 Å². The van der Waals surface area contributed by atoms with Crippen molar-refractivity contribution in [1.82, 2.24) is 19.9 Å². The van der Waals surface area contributed by atoms with E-state index in [1.54, 1.807) is 24.8 Å². The monoisotopic (exact) mass is 834 g/mol. The first-order valence-electron chi connectivity index (χ1n) is 20.1. The summed E-state index contributed by atoms with van der Waals surface area (Å²) in [5.74, 6) is 2.93. The van der Waals surface area contributed by atoms with Gasteiger partial charge in [-0.1, -0.05) is 129 Å². The molecule has 0 amide bonds. The van der Waals surface area contributed by atoms with Crippen molar-refractivity contribution in [3.05, 3.63) is 70.1 Å². The number of benzene rings is 2. The molecule has 282 valence electrons. The third-order valence-corrected chi connectivity index (χ3v) is 10.3. The van der Waals surface area contributed by atoms with E-state index >= 15 is 0 Å². The van der Waals surface area contributed by atoms with Crippen LogP contribution in [-0.4, -0.2) is 33.1 Å². The highest BCUT2D eigenvalue weighted by Crippen LogP contribution is 2.35. The molecule has 0 aliphatic heterocycles. The lowest BCUT2D eigenvalue weighted by molar-refractivity contribution is 0.304. The molecule has 52 heavy (non-hydrogen) atoms. The van der Waals surface area contributed by atoms with E-state index in [0.29, 0.717) is 24.9 Å². The van der Waals surface area contributed by atoms with Gasteiger partial charge in [0.2, 0.25) is 0 Å². The molecular formula is C44H60Br2N4O2. The summed E-state index contributed by atoms with van der Waals surface area (Å²) >= 11 is 6.96. The first kappa shape index (κ1) is 41.9. The maximum atomic E-state index is 6.40. The largest absolute Gasteiger partial charge is 0.494 e. The summed E-state index contributed by atoms with van der Waals surface area (Å²) in [6, 6.07) is 12.6. The summed E-state index contributed by atoms with van der Waals surface area (Å²) in [6.07, 6.45) is 33.0. The zero-order chi connectivity index (χ0) is 36.6. The highest BCUT2D eigenvalue weighted by Gasteiger charge is 2.13. The van der Waals surface area contributed by atoms with E-state index in [1.165, 1.54) is 116 Å². The predicted octanol–water partition coefficient (Wildman–Crippen LogP) is 14.4. The number of hydrogen-bond donors (Lipinski definition) is 0. The average Bonchev–Trinajstić information content (AvgIpc) is 3.16. The fourth-order valence-electron chi connectivity index (χ4n) is 6.44. The van der Waals surface area contributed by atoms with Crippen molar-refractivity contribution in [2.45, 2.75) is 142 Å². The van der Waals surface area contributed by atoms with E-state index in [-0.39, 0.29) is 0 Å². The maximum Gasteiger partial charge on any atom is 0.159 e. The second-order valence-corrected chi connectivity index (χ2v) is 15.8. The van der Waals surface area contributed by atoms with Crippen LogP contribution in [0.25, 0.3) is 33.9 Å². The molecule has 0 saturated carbocycles. The van der Waals surface area contributed by atoms with Crippen LogP contribution in [0.4, 0.5) is 0 Å². The molecule has 0 N–H and O–H groups in total. The molecular weight excluding hydrogens is 776 g/mol. The van der Waals surface area contributed by atoms with Gasteiger partial charge in [-0.05, 0) is 92.2 Å². The van der Waals surface area contributed by atoms with Gasteiger partial charge in [0.25, 0.3) is 0 Å². The molecule has 0 aliphatic carbocycles. The van der Waals surface area contributed by atoms with E-state index in [1.807, 2.05) is 12.1 Å². The molecule has 0 spiro atoms. The Morgan fingerprint density at radius 2 is 0.673 bits per heavy atom. The van der Waals surface area contributed by atoms with Crippen LogP contribution in [0.5, 0.6) is 11.5 Å². The molecule has 6 nitrogen and oxygen atoms in total. The van der Waals surface area contributed by atoms with Gasteiger partial charge in [-0.15, -0.1) is 0 Å². The van der Waals surface area contributed by atoms with Crippen molar-refractivity contribution < 1.29 is 9.47 Å². The Morgan fingerprint density at radius 1 is 0.385 bits per heavy atom. The van der Waals surface area contributed by atoms with Crippen LogP contribution in [0.3, 0.4) is 0 Å². The van der Waals surface area contributed by atoms with Gasteiger partial charge in [0, 0.05) is 35.9 Å². The topological polar surface area (TPSA) is 70.0 Å². The van der Waals surface area contributed by atoms with Crippen LogP contribution in [0.1, 0.15) is 142 Å². The number of rotatable bonds is 27. The lowest BCUT2D eigenvalue weighted by atomic mass is 9.99. The van der Waals surface area contributed by atoms with E-state index in [2.05, 4.69) is 89.9 Å². The number of aromatic nitrogens is 4. The fraction of sp³-hybridized carbons (Fsp3) is 0.545. The summed E-state index contributed by atoms with van der Waals surface area (Å²) in [7, 11) is 0. The number of halogens is 2. The SMILES string of the molecule is CCCCCCCCCCCCOc1cc(-c2cc(OCCCCCCCCCCCC)cc(-c3ncc(Br)cn3)c2)cc(-c2ncc(Br)cn2)c1. The van der Waals surface area contributed by atoms with Crippen LogP contribution in [0, 0.1) is 0 Å². The lowest BCUT2D eigenvalue weighted by Crippen LogP contribution is -2.00. The molecule has 0 bridgehead atoms. The number of hydrogen-bond acceptors (Lipinski definition) is 6. The van der Waals surface area contributed by atoms with Crippen molar-refractivity contribution in [1.29, 1.82) is 0 Å². The van der Waals surface area contributed by atoms with Crippen LogP contribution in [0.2, 0.25) is 0 Å². The fourth-order valence-corrected chi connectivity index (χ4v) is 6.85. The minimum absolute atomic E-state index is 0.652. The molecule has 0 fully saturated rings. The third-order valence-electron chi connectivity index (χ3n) is 9.44. The number of ether oxygens (including phenoxy) is 2. The molecule has 0 saturated heterocycles. The Morgan fingerprint density at radius 3 is 1.00 bits per heavy atom. The minimum atomic E-state index is 0.652. The van der Waals surface area contributed by atoms with Crippen molar-refractivity contribution in [3.8, 4) is 45.4 Å². The normalized spacial score (nSPS) is 11.2. The van der Waals surface area contributed by atoms with Gasteiger partial charge in [-0.25, -0.2) is 19.9 Å². The van der Waals surface area contributed by atoms with Crippen molar-refractivity contribution in [2.75, 3.05) is 13.2 Å². The molecule has 0 atom stereocenters. The zero-order valence-electron chi connectivity index (χ0n) is 31.7. The van der Waals surface area contributed by atoms with Gasteiger partial charge in [-0.2, -0.15) is 0 Å². The van der Waals surface area contributed by atoms with Crippen LogP contribution >= 0.6 is 31.9 Å². The number of unbranched alkanes of at least 4 members (excludes halogenated alkanes) is 18. The minimum Gasteiger partial charge on any atom is -0.494 e. The molecule has 2 aromatic carbocycles. The van der Waals surface area contributed by atoms with Gasteiger partial charge >= 0.3 is 0 Å². The summed E-state index contributed by atoms with van der Waals surface area (Å²) in [5, 5.41) is 0.